The first-order chi connectivity index (χ1) is 7.39. The SMILES string of the molecule is N/C([Se])=N/N=C/c1cccc(C(F)(F)F)c1. The van der Waals surface area contributed by atoms with E-state index in [1.807, 2.05) is 0 Å². The molecule has 0 bridgehead atoms. The minimum atomic E-state index is -4.36. The van der Waals surface area contributed by atoms with Crippen molar-refractivity contribution in [1.82, 2.24) is 0 Å². The van der Waals surface area contributed by atoms with Crippen molar-refractivity contribution < 1.29 is 13.2 Å². The van der Waals surface area contributed by atoms with Crippen molar-refractivity contribution in [2.24, 2.45) is 15.9 Å². The molecule has 2 N–H and O–H groups in total. The number of benzene rings is 1. The molecule has 1 aromatic carbocycles. The van der Waals surface area contributed by atoms with Gasteiger partial charge in [-0.15, -0.1) is 0 Å². The Morgan fingerprint density at radius 2 is 2.06 bits per heavy atom. The first-order valence-corrected chi connectivity index (χ1v) is 4.96. The number of hydrogen-bond donors (Lipinski definition) is 1. The summed E-state index contributed by atoms with van der Waals surface area (Å²) in [6.45, 7) is 0. The fourth-order valence-electron chi connectivity index (χ4n) is 0.948. The van der Waals surface area contributed by atoms with Crippen LogP contribution in [0.15, 0.2) is 34.5 Å². The van der Waals surface area contributed by atoms with Crippen LogP contribution in [0.4, 0.5) is 13.2 Å². The molecule has 0 aliphatic carbocycles. The molecular weight excluding hydrogens is 286 g/mol. The van der Waals surface area contributed by atoms with Crippen molar-refractivity contribution in [3.05, 3.63) is 35.4 Å². The van der Waals surface area contributed by atoms with Gasteiger partial charge in [0.15, 0.2) is 0 Å². The molecule has 0 heterocycles. The second-order valence-electron chi connectivity index (χ2n) is 2.81. The van der Waals surface area contributed by atoms with E-state index in [1.165, 1.54) is 18.3 Å². The van der Waals surface area contributed by atoms with Gasteiger partial charge in [0.25, 0.3) is 0 Å². The molecule has 7 heteroatoms. The monoisotopic (exact) mass is 294 g/mol. The molecule has 0 amide bonds. The standard InChI is InChI=1S/C9H7F3N3Se/c10-9(11,12)7-3-1-2-6(4-7)5-14-15-8(13)16/h1-5H,(H2,13,15)/b14-5+. The van der Waals surface area contributed by atoms with Gasteiger partial charge in [0.05, 0.1) is 0 Å². The van der Waals surface area contributed by atoms with Crippen LogP contribution in [-0.4, -0.2) is 27.0 Å². The van der Waals surface area contributed by atoms with Crippen LogP contribution in [0.3, 0.4) is 0 Å². The van der Waals surface area contributed by atoms with Crippen LogP contribution >= 0.6 is 0 Å². The van der Waals surface area contributed by atoms with E-state index in [4.69, 9.17) is 5.73 Å². The summed E-state index contributed by atoms with van der Waals surface area (Å²) in [5.41, 5.74) is 4.74. The van der Waals surface area contributed by atoms with Crippen LogP contribution < -0.4 is 5.73 Å². The fraction of sp³-hybridized carbons (Fsp3) is 0.111. The summed E-state index contributed by atoms with van der Waals surface area (Å²) in [5, 5.41) is 6.94. The zero-order valence-electron chi connectivity index (χ0n) is 7.90. The molecule has 1 aromatic rings. The van der Waals surface area contributed by atoms with Gasteiger partial charge in [-0.1, -0.05) is 0 Å². The Hall–Kier alpha value is -1.33. The average Bonchev–Trinajstić information content (AvgIpc) is 2.16. The van der Waals surface area contributed by atoms with E-state index in [9.17, 15) is 13.2 Å². The zero-order chi connectivity index (χ0) is 12.2. The number of amidine groups is 1. The summed E-state index contributed by atoms with van der Waals surface area (Å²) in [6, 6.07) is 4.76. The summed E-state index contributed by atoms with van der Waals surface area (Å²) >= 11 is 2.40. The molecule has 0 saturated heterocycles. The molecule has 0 unspecified atom stereocenters. The number of nitrogens with zero attached hydrogens (tertiary/aromatic N) is 2. The van der Waals surface area contributed by atoms with Crippen LogP contribution in [0.25, 0.3) is 0 Å². The number of hydrogen-bond acceptors (Lipinski definition) is 2. The Bertz CT molecular complexity index is 422. The number of halogens is 3. The van der Waals surface area contributed by atoms with Gasteiger partial charge >= 0.3 is 97.6 Å². The summed E-state index contributed by atoms with van der Waals surface area (Å²) in [4.78, 5) is 0. The second kappa shape index (κ2) is 5.14. The molecule has 0 spiro atoms. The Kier molecular flexibility index (Phi) is 4.09. The maximum absolute atomic E-state index is 12.3. The predicted molar refractivity (Wildman–Crippen MR) is 56.4 cm³/mol. The molecule has 1 radical (unpaired) electrons. The summed E-state index contributed by atoms with van der Waals surface area (Å²) < 4.78 is 37.1. The van der Waals surface area contributed by atoms with Crippen LogP contribution in [0.1, 0.15) is 11.1 Å². The molecule has 0 atom stereocenters. The first-order valence-electron chi connectivity index (χ1n) is 4.10. The summed E-state index contributed by atoms with van der Waals surface area (Å²) in [5.74, 6) is 0. The number of rotatable bonds is 2. The van der Waals surface area contributed by atoms with Crippen LogP contribution in [0.2, 0.25) is 0 Å². The third-order valence-electron chi connectivity index (χ3n) is 1.58. The molecule has 0 aliphatic rings. The van der Waals surface area contributed by atoms with Gasteiger partial charge in [-0.05, 0) is 0 Å². The first kappa shape index (κ1) is 12.7. The van der Waals surface area contributed by atoms with Crippen molar-refractivity contribution in [3.8, 4) is 0 Å². The number of nitrogens with two attached hydrogens (primary N) is 1. The molecule has 16 heavy (non-hydrogen) atoms. The van der Waals surface area contributed by atoms with Crippen molar-refractivity contribution >= 4 is 27.0 Å². The summed E-state index contributed by atoms with van der Waals surface area (Å²) in [6.07, 6.45) is -3.16. The molecule has 85 valence electrons. The quantitative estimate of drug-likeness (QED) is 0.382. The van der Waals surface area contributed by atoms with Gasteiger partial charge in [-0.25, -0.2) is 0 Å². The second-order valence-corrected chi connectivity index (χ2v) is 3.68. The average molecular weight is 293 g/mol. The maximum atomic E-state index is 12.3. The van der Waals surface area contributed by atoms with E-state index in [0.717, 1.165) is 12.1 Å². The Morgan fingerprint density at radius 3 is 2.62 bits per heavy atom. The topological polar surface area (TPSA) is 50.7 Å². The van der Waals surface area contributed by atoms with Gasteiger partial charge < -0.3 is 0 Å². The van der Waals surface area contributed by atoms with Crippen LogP contribution in [0, 0.1) is 0 Å². The molecule has 0 aromatic heterocycles. The predicted octanol–water partition coefficient (Wildman–Crippen LogP) is 1.52. The number of alkyl halides is 3. The van der Waals surface area contributed by atoms with Crippen molar-refractivity contribution in [2.75, 3.05) is 0 Å². The van der Waals surface area contributed by atoms with Crippen molar-refractivity contribution in [1.29, 1.82) is 0 Å². The molecule has 0 saturated carbocycles. The van der Waals surface area contributed by atoms with E-state index in [-0.39, 0.29) is 4.73 Å². The zero-order valence-corrected chi connectivity index (χ0v) is 9.61. The Balaban J connectivity index is 2.92. The van der Waals surface area contributed by atoms with E-state index < -0.39 is 11.7 Å². The van der Waals surface area contributed by atoms with E-state index in [1.54, 1.807) is 0 Å². The molecule has 3 nitrogen and oxygen atoms in total. The van der Waals surface area contributed by atoms with Gasteiger partial charge in [0, 0.05) is 0 Å². The van der Waals surface area contributed by atoms with Crippen LogP contribution in [-0.2, 0) is 6.18 Å². The van der Waals surface area contributed by atoms with Gasteiger partial charge in [0.1, 0.15) is 0 Å². The van der Waals surface area contributed by atoms with Gasteiger partial charge in [-0.3, -0.25) is 0 Å². The van der Waals surface area contributed by atoms with Gasteiger partial charge in [-0.2, -0.15) is 0 Å². The minimum absolute atomic E-state index is 0.114. The van der Waals surface area contributed by atoms with Crippen molar-refractivity contribution in [3.63, 3.8) is 0 Å². The molecular formula is C9H7F3N3Se. The fourth-order valence-corrected chi connectivity index (χ4v) is 1.05. The molecule has 0 fully saturated rings. The van der Waals surface area contributed by atoms with Gasteiger partial charge in [0.2, 0.25) is 0 Å². The van der Waals surface area contributed by atoms with E-state index in [2.05, 4.69) is 26.2 Å². The Labute approximate surface area is 98.1 Å². The molecule has 0 aliphatic heterocycles. The van der Waals surface area contributed by atoms with E-state index >= 15 is 0 Å². The third-order valence-corrected chi connectivity index (χ3v) is 1.75. The van der Waals surface area contributed by atoms with Crippen LogP contribution in [0.5, 0.6) is 0 Å². The third kappa shape index (κ3) is 4.04. The summed E-state index contributed by atoms with van der Waals surface area (Å²) in [7, 11) is 0. The van der Waals surface area contributed by atoms with E-state index in [0.29, 0.717) is 5.56 Å². The van der Waals surface area contributed by atoms with Crippen molar-refractivity contribution in [2.45, 2.75) is 6.18 Å². The normalized spacial score (nSPS) is 13.3. The Morgan fingerprint density at radius 1 is 1.38 bits per heavy atom. The molecule has 1 rings (SSSR count).